The molecule has 22 heavy (non-hydrogen) atoms. The van der Waals surface area contributed by atoms with Crippen molar-refractivity contribution < 1.29 is 14.2 Å². The molecular formula is C19H30O3. The molecule has 0 unspecified atom stereocenters. The van der Waals surface area contributed by atoms with Crippen LogP contribution in [0.5, 0.6) is 11.5 Å². The first-order valence-corrected chi connectivity index (χ1v) is 8.84. The fourth-order valence-electron chi connectivity index (χ4n) is 2.82. The van der Waals surface area contributed by atoms with Gasteiger partial charge in [-0.1, -0.05) is 46.0 Å². The molecule has 0 fully saturated rings. The third-order valence-corrected chi connectivity index (χ3v) is 4.10. The molecule has 0 saturated heterocycles. The summed E-state index contributed by atoms with van der Waals surface area (Å²) in [6.07, 6.45) is 10.1. The van der Waals surface area contributed by atoms with Crippen LogP contribution >= 0.6 is 0 Å². The number of benzene rings is 1. The van der Waals surface area contributed by atoms with Crippen molar-refractivity contribution >= 4 is 0 Å². The van der Waals surface area contributed by atoms with Crippen molar-refractivity contribution in [3.63, 3.8) is 0 Å². The molecule has 0 saturated carbocycles. The van der Waals surface area contributed by atoms with Crippen molar-refractivity contribution in [3.05, 3.63) is 23.3 Å². The Morgan fingerprint density at radius 2 is 1.55 bits per heavy atom. The van der Waals surface area contributed by atoms with Gasteiger partial charge in [0.25, 0.3) is 0 Å². The van der Waals surface area contributed by atoms with Crippen LogP contribution < -0.4 is 9.47 Å². The molecule has 3 nitrogen and oxygen atoms in total. The van der Waals surface area contributed by atoms with Crippen molar-refractivity contribution in [3.8, 4) is 11.5 Å². The first-order chi connectivity index (χ1) is 10.8. The Kier molecular flexibility index (Phi) is 7.58. The molecule has 0 aliphatic carbocycles. The van der Waals surface area contributed by atoms with Gasteiger partial charge in [-0.3, -0.25) is 0 Å². The van der Waals surface area contributed by atoms with E-state index in [0.29, 0.717) is 13.4 Å². The van der Waals surface area contributed by atoms with Crippen molar-refractivity contribution in [2.45, 2.75) is 71.8 Å². The normalized spacial score (nSPS) is 12.8. The van der Waals surface area contributed by atoms with Gasteiger partial charge >= 0.3 is 0 Å². The van der Waals surface area contributed by atoms with Crippen LogP contribution in [0.1, 0.15) is 69.9 Å². The second kappa shape index (κ2) is 9.73. The Bertz CT molecular complexity index is 443. The van der Waals surface area contributed by atoms with Gasteiger partial charge in [0.05, 0.1) is 6.61 Å². The molecule has 1 aromatic carbocycles. The summed E-state index contributed by atoms with van der Waals surface area (Å²) in [6.45, 7) is 6.22. The molecule has 0 spiro atoms. The molecule has 0 amide bonds. The van der Waals surface area contributed by atoms with Crippen molar-refractivity contribution in [2.75, 3.05) is 13.4 Å². The van der Waals surface area contributed by atoms with Gasteiger partial charge in [-0.05, 0) is 42.5 Å². The van der Waals surface area contributed by atoms with Crippen LogP contribution in [-0.2, 0) is 17.8 Å². The predicted octanol–water partition coefficient (Wildman–Crippen LogP) is 5.24. The van der Waals surface area contributed by atoms with Crippen LogP contribution in [0.3, 0.4) is 0 Å². The van der Waals surface area contributed by atoms with Crippen LogP contribution in [0, 0.1) is 0 Å². The average molecular weight is 306 g/mol. The largest absolute Gasteiger partial charge is 0.454 e. The van der Waals surface area contributed by atoms with Gasteiger partial charge in [-0.2, -0.15) is 0 Å². The third kappa shape index (κ3) is 5.20. The van der Waals surface area contributed by atoms with Crippen LogP contribution in [0.2, 0.25) is 0 Å². The summed E-state index contributed by atoms with van der Waals surface area (Å²) in [5, 5.41) is 0. The Morgan fingerprint density at radius 1 is 0.864 bits per heavy atom. The minimum absolute atomic E-state index is 0.338. The highest BCUT2D eigenvalue weighted by molar-refractivity contribution is 5.48. The summed E-state index contributed by atoms with van der Waals surface area (Å²) in [5.41, 5.74) is 2.61. The van der Waals surface area contributed by atoms with E-state index in [0.717, 1.165) is 30.9 Å². The minimum Gasteiger partial charge on any atom is -0.454 e. The number of hydrogen-bond acceptors (Lipinski definition) is 3. The lowest BCUT2D eigenvalue weighted by atomic mass is 10.00. The smallest absolute Gasteiger partial charge is 0.231 e. The van der Waals surface area contributed by atoms with Crippen molar-refractivity contribution in [2.24, 2.45) is 0 Å². The molecular weight excluding hydrogens is 276 g/mol. The highest BCUT2D eigenvalue weighted by atomic mass is 16.7. The zero-order chi connectivity index (χ0) is 15.6. The molecule has 1 aliphatic rings. The van der Waals surface area contributed by atoms with E-state index in [-0.39, 0.29) is 0 Å². The number of rotatable bonds is 11. The molecule has 0 atom stereocenters. The van der Waals surface area contributed by atoms with E-state index in [1.807, 2.05) is 0 Å². The van der Waals surface area contributed by atoms with Gasteiger partial charge in [0.1, 0.15) is 0 Å². The van der Waals surface area contributed by atoms with Crippen LogP contribution in [-0.4, -0.2) is 13.4 Å². The SMILES string of the molecule is CCCCCCCCc1cc2c(cc1COCCC)OCO2. The maximum Gasteiger partial charge on any atom is 0.231 e. The molecule has 124 valence electrons. The predicted molar refractivity (Wildman–Crippen MR) is 89.6 cm³/mol. The van der Waals surface area contributed by atoms with E-state index < -0.39 is 0 Å². The summed E-state index contributed by atoms with van der Waals surface area (Å²) >= 11 is 0. The van der Waals surface area contributed by atoms with Gasteiger partial charge < -0.3 is 14.2 Å². The maximum absolute atomic E-state index is 5.73. The number of fused-ring (bicyclic) bond motifs is 1. The molecule has 0 N–H and O–H groups in total. The molecule has 1 aliphatic heterocycles. The molecule has 2 rings (SSSR count). The second-order valence-corrected chi connectivity index (χ2v) is 6.04. The van der Waals surface area contributed by atoms with Gasteiger partial charge in [0.15, 0.2) is 11.5 Å². The Labute approximate surface area is 135 Å². The second-order valence-electron chi connectivity index (χ2n) is 6.04. The highest BCUT2D eigenvalue weighted by Crippen LogP contribution is 2.35. The molecule has 3 heteroatoms. The fourth-order valence-corrected chi connectivity index (χ4v) is 2.82. The van der Waals surface area contributed by atoms with E-state index in [4.69, 9.17) is 14.2 Å². The first kappa shape index (κ1) is 17.1. The van der Waals surface area contributed by atoms with Crippen LogP contribution in [0.4, 0.5) is 0 Å². The van der Waals surface area contributed by atoms with Crippen molar-refractivity contribution in [1.29, 1.82) is 0 Å². The molecule has 0 radical (unpaired) electrons. The van der Waals surface area contributed by atoms with Gasteiger partial charge in [-0.15, -0.1) is 0 Å². The van der Waals surface area contributed by atoms with Gasteiger partial charge in [0.2, 0.25) is 6.79 Å². The van der Waals surface area contributed by atoms with E-state index >= 15 is 0 Å². The Balaban J connectivity index is 1.89. The third-order valence-electron chi connectivity index (χ3n) is 4.10. The molecule has 1 aromatic rings. The van der Waals surface area contributed by atoms with E-state index in [9.17, 15) is 0 Å². The van der Waals surface area contributed by atoms with E-state index in [1.54, 1.807) is 0 Å². The quantitative estimate of drug-likeness (QED) is 0.523. The minimum atomic E-state index is 0.338. The average Bonchev–Trinajstić information content (AvgIpc) is 2.98. The standard InChI is InChI=1S/C19H30O3/c1-3-5-6-7-8-9-10-16-12-18-19(22-15-21-18)13-17(16)14-20-11-4-2/h12-13H,3-11,14-15H2,1-2H3. The zero-order valence-corrected chi connectivity index (χ0v) is 14.2. The van der Waals surface area contributed by atoms with Crippen LogP contribution in [0.15, 0.2) is 12.1 Å². The summed E-state index contributed by atoms with van der Waals surface area (Å²) < 4.78 is 16.7. The lowest BCUT2D eigenvalue weighted by Crippen LogP contribution is -2.00. The number of hydrogen-bond donors (Lipinski definition) is 0. The van der Waals surface area contributed by atoms with E-state index in [2.05, 4.69) is 26.0 Å². The van der Waals surface area contributed by atoms with Gasteiger partial charge in [-0.25, -0.2) is 0 Å². The zero-order valence-electron chi connectivity index (χ0n) is 14.2. The highest BCUT2D eigenvalue weighted by Gasteiger charge is 2.17. The fraction of sp³-hybridized carbons (Fsp3) is 0.684. The monoisotopic (exact) mass is 306 g/mol. The summed E-state index contributed by atoms with van der Waals surface area (Å²) in [6, 6.07) is 4.25. The van der Waals surface area contributed by atoms with Crippen LogP contribution in [0.25, 0.3) is 0 Å². The van der Waals surface area contributed by atoms with Crippen molar-refractivity contribution in [1.82, 2.24) is 0 Å². The Morgan fingerprint density at radius 3 is 2.27 bits per heavy atom. The number of unbranched alkanes of at least 4 members (excludes halogenated alkanes) is 5. The molecule has 0 bridgehead atoms. The summed E-state index contributed by atoms with van der Waals surface area (Å²) in [5.74, 6) is 1.75. The maximum atomic E-state index is 5.73. The number of aryl methyl sites for hydroxylation is 1. The van der Waals surface area contributed by atoms with E-state index in [1.165, 1.54) is 49.7 Å². The number of ether oxygens (including phenoxy) is 3. The topological polar surface area (TPSA) is 27.7 Å². The first-order valence-electron chi connectivity index (χ1n) is 8.84. The summed E-state index contributed by atoms with van der Waals surface area (Å²) in [4.78, 5) is 0. The van der Waals surface area contributed by atoms with Gasteiger partial charge in [0, 0.05) is 6.61 Å². The lowest BCUT2D eigenvalue weighted by Gasteiger charge is -2.11. The Hall–Kier alpha value is -1.22. The summed E-state index contributed by atoms with van der Waals surface area (Å²) in [7, 11) is 0. The molecule has 0 aromatic heterocycles. The lowest BCUT2D eigenvalue weighted by molar-refractivity contribution is 0.120. The molecule has 1 heterocycles.